The van der Waals surface area contributed by atoms with Gasteiger partial charge >= 0.3 is 0 Å². The fourth-order valence-corrected chi connectivity index (χ4v) is 3.54. The smallest absolute Gasteiger partial charge is 0.163 e. The Bertz CT molecular complexity index is 731. The Morgan fingerprint density at radius 2 is 1.79 bits per heavy atom. The predicted molar refractivity (Wildman–Crippen MR) is 111 cm³/mol. The number of benzene rings is 1. The van der Waals surface area contributed by atoms with Crippen LogP contribution in [-0.2, 0) is 9.47 Å². The molecule has 3 heterocycles. The zero-order valence-electron chi connectivity index (χ0n) is 16.3. The van der Waals surface area contributed by atoms with E-state index in [0.29, 0.717) is 0 Å². The number of morpholine rings is 1. The van der Waals surface area contributed by atoms with Gasteiger partial charge in [0.25, 0.3) is 0 Å². The summed E-state index contributed by atoms with van der Waals surface area (Å²) < 4.78 is 11.1. The van der Waals surface area contributed by atoms with Gasteiger partial charge in [-0.25, -0.2) is 9.97 Å². The van der Waals surface area contributed by atoms with Crippen molar-refractivity contribution in [2.24, 2.45) is 0 Å². The third-order valence-corrected chi connectivity index (χ3v) is 5.13. The van der Waals surface area contributed by atoms with Gasteiger partial charge in [0.05, 0.1) is 19.3 Å². The molecule has 0 aliphatic carbocycles. The fraction of sp³-hybridized carbons (Fsp3) is 0.524. The Kier molecular flexibility index (Phi) is 6.70. The van der Waals surface area contributed by atoms with E-state index in [0.717, 1.165) is 88.4 Å². The summed E-state index contributed by atoms with van der Waals surface area (Å²) in [6.45, 7) is 7.09. The van der Waals surface area contributed by atoms with E-state index in [4.69, 9.17) is 19.4 Å². The minimum atomic E-state index is 0.271. The summed E-state index contributed by atoms with van der Waals surface area (Å²) in [4.78, 5) is 11.9. The zero-order valence-corrected chi connectivity index (χ0v) is 16.3. The van der Waals surface area contributed by atoms with E-state index < -0.39 is 0 Å². The molecule has 7 nitrogen and oxygen atoms in total. The van der Waals surface area contributed by atoms with Crippen molar-refractivity contribution in [3.8, 4) is 11.4 Å². The largest absolute Gasteiger partial charge is 0.379 e. The van der Waals surface area contributed by atoms with Gasteiger partial charge in [0.2, 0.25) is 0 Å². The lowest BCUT2D eigenvalue weighted by Gasteiger charge is -2.26. The predicted octanol–water partition coefficient (Wildman–Crippen LogP) is 2.48. The van der Waals surface area contributed by atoms with Gasteiger partial charge in [-0.05, 0) is 12.8 Å². The van der Waals surface area contributed by atoms with Gasteiger partial charge in [-0.15, -0.1) is 0 Å². The van der Waals surface area contributed by atoms with Crippen LogP contribution in [0.2, 0.25) is 0 Å². The van der Waals surface area contributed by atoms with Crippen LogP contribution < -0.4 is 10.6 Å². The first-order valence-corrected chi connectivity index (χ1v) is 10.2. The van der Waals surface area contributed by atoms with Gasteiger partial charge in [0.15, 0.2) is 5.82 Å². The molecular weight excluding hydrogens is 354 g/mol. The Labute approximate surface area is 166 Å². The molecule has 150 valence electrons. The molecule has 0 radical (unpaired) electrons. The Hall–Kier alpha value is -2.22. The standard InChI is InChI=1S/C21H29N5O2/c1-2-5-17(6-3-1)21-24-19(22-8-9-26-10-13-27-14-11-26)15-20(25-21)23-16-18-7-4-12-28-18/h1-3,5-6,15,18H,4,7-14,16H2,(H2,22,23,24,25). The first-order chi connectivity index (χ1) is 13.9. The molecule has 0 spiro atoms. The maximum atomic E-state index is 5.71. The van der Waals surface area contributed by atoms with Crippen molar-refractivity contribution < 1.29 is 9.47 Å². The summed E-state index contributed by atoms with van der Waals surface area (Å²) in [6, 6.07) is 12.1. The van der Waals surface area contributed by atoms with Crippen molar-refractivity contribution in [2.75, 3.05) is 63.2 Å². The van der Waals surface area contributed by atoms with E-state index in [-0.39, 0.29) is 6.10 Å². The van der Waals surface area contributed by atoms with Crippen LogP contribution in [0, 0.1) is 0 Å². The van der Waals surface area contributed by atoms with Crippen LogP contribution in [0.15, 0.2) is 36.4 Å². The van der Waals surface area contributed by atoms with E-state index in [2.05, 4.69) is 15.5 Å². The molecule has 1 atom stereocenters. The van der Waals surface area contributed by atoms with Crippen molar-refractivity contribution >= 4 is 11.6 Å². The summed E-state index contributed by atoms with van der Waals surface area (Å²) in [7, 11) is 0. The van der Waals surface area contributed by atoms with Crippen molar-refractivity contribution in [3.05, 3.63) is 36.4 Å². The van der Waals surface area contributed by atoms with Crippen LogP contribution in [0.5, 0.6) is 0 Å². The van der Waals surface area contributed by atoms with Gasteiger partial charge in [0, 0.05) is 51.0 Å². The topological polar surface area (TPSA) is 71.5 Å². The first kappa shape index (κ1) is 19.1. The molecule has 1 aromatic carbocycles. The summed E-state index contributed by atoms with van der Waals surface area (Å²) >= 11 is 0. The van der Waals surface area contributed by atoms with Crippen molar-refractivity contribution in [1.29, 1.82) is 0 Å². The Morgan fingerprint density at radius 3 is 2.54 bits per heavy atom. The quantitative estimate of drug-likeness (QED) is 0.726. The molecule has 0 bridgehead atoms. The molecule has 2 saturated heterocycles. The van der Waals surface area contributed by atoms with Crippen LogP contribution >= 0.6 is 0 Å². The molecular formula is C21H29N5O2. The van der Waals surface area contributed by atoms with E-state index in [1.54, 1.807) is 0 Å². The monoisotopic (exact) mass is 383 g/mol. The molecule has 0 saturated carbocycles. The van der Waals surface area contributed by atoms with Crippen LogP contribution in [0.3, 0.4) is 0 Å². The average Bonchev–Trinajstić information content (AvgIpc) is 3.27. The number of aromatic nitrogens is 2. The third kappa shape index (κ3) is 5.41. The Morgan fingerprint density at radius 1 is 1.00 bits per heavy atom. The van der Waals surface area contributed by atoms with Gasteiger partial charge in [-0.3, -0.25) is 4.90 Å². The molecule has 2 N–H and O–H groups in total. The highest BCUT2D eigenvalue weighted by Gasteiger charge is 2.16. The normalized spacial score (nSPS) is 20.2. The number of nitrogens with zero attached hydrogens (tertiary/aromatic N) is 3. The van der Waals surface area contributed by atoms with Gasteiger partial charge < -0.3 is 20.1 Å². The minimum absolute atomic E-state index is 0.271. The number of ether oxygens (including phenoxy) is 2. The average molecular weight is 383 g/mol. The molecule has 1 unspecified atom stereocenters. The summed E-state index contributed by atoms with van der Waals surface area (Å²) in [5, 5.41) is 6.90. The molecule has 2 aliphatic heterocycles. The highest BCUT2D eigenvalue weighted by atomic mass is 16.5. The number of hydrogen-bond donors (Lipinski definition) is 2. The molecule has 1 aromatic heterocycles. The lowest BCUT2D eigenvalue weighted by Crippen LogP contribution is -2.39. The zero-order chi connectivity index (χ0) is 19.0. The number of anilines is 2. The molecule has 4 rings (SSSR count). The molecule has 7 heteroatoms. The highest BCUT2D eigenvalue weighted by molar-refractivity contribution is 5.61. The second kappa shape index (κ2) is 9.82. The van der Waals surface area contributed by atoms with Gasteiger partial charge in [0.1, 0.15) is 11.6 Å². The van der Waals surface area contributed by atoms with E-state index in [9.17, 15) is 0 Å². The lowest BCUT2D eigenvalue weighted by atomic mass is 10.2. The van der Waals surface area contributed by atoms with Crippen molar-refractivity contribution in [1.82, 2.24) is 14.9 Å². The van der Waals surface area contributed by atoms with Crippen LogP contribution in [0.25, 0.3) is 11.4 Å². The van der Waals surface area contributed by atoms with Gasteiger partial charge in [-0.2, -0.15) is 0 Å². The van der Waals surface area contributed by atoms with E-state index in [1.165, 1.54) is 0 Å². The summed E-state index contributed by atoms with van der Waals surface area (Å²) in [6.07, 6.45) is 2.52. The van der Waals surface area contributed by atoms with Crippen LogP contribution in [0.1, 0.15) is 12.8 Å². The third-order valence-electron chi connectivity index (χ3n) is 5.13. The SMILES string of the molecule is c1ccc(-c2nc(NCCN3CCOCC3)cc(NCC3CCCO3)n2)cc1. The number of nitrogens with one attached hydrogen (secondary N) is 2. The maximum Gasteiger partial charge on any atom is 0.163 e. The molecule has 28 heavy (non-hydrogen) atoms. The molecule has 2 fully saturated rings. The second-order valence-corrected chi connectivity index (χ2v) is 7.22. The van der Waals surface area contributed by atoms with E-state index in [1.807, 2.05) is 36.4 Å². The molecule has 2 aromatic rings. The highest BCUT2D eigenvalue weighted by Crippen LogP contribution is 2.21. The first-order valence-electron chi connectivity index (χ1n) is 10.2. The summed E-state index contributed by atoms with van der Waals surface area (Å²) in [5.74, 6) is 2.40. The maximum absolute atomic E-state index is 5.71. The summed E-state index contributed by atoms with van der Waals surface area (Å²) in [5.41, 5.74) is 1.01. The van der Waals surface area contributed by atoms with Crippen LogP contribution in [0.4, 0.5) is 11.6 Å². The van der Waals surface area contributed by atoms with Crippen molar-refractivity contribution in [3.63, 3.8) is 0 Å². The van der Waals surface area contributed by atoms with Crippen molar-refractivity contribution in [2.45, 2.75) is 18.9 Å². The minimum Gasteiger partial charge on any atom is -0.379 e. The molecule has 0 amide bonds. The van der Waals surface area contributed by atoms with Crippen LogP contribution in [-0.4, -0.2) is 73.5 Å². The lowest BCUT2D eigenvalue weighted by molar-refractivity contribution is 0.0398. The number of rotatable bonds is 8. The Balaban J connectivity index is 1.43. The number of hydrogen-bond acceptors (Lipinski definition) is 7. The van der Waals surface area contributed by atoms with E-state index >= 15 is 0 Å². The van der Waals surface area contributed by atoms with Gasteiger partial charge in [-0.1, -0.05) is 30.3 Å². The molecule has 2 aliphatic rings. The second-order valence-electron chi connectivity index (χ2n) is 7.22. The fourth-order valence-electron chi connectivity index (χ4n) is 3.54.